The van der Waals surface area contributed by atoms with E-state index in [-0.39, 0.29) is 17.3 Å². The molecule has 156 valence electrons. The molecule has 0 unspecified atom stereocenters. The largest absolute Gasteiger partial charge is 0.378 e. The topological polar surface area (TPSA) is 153 Å². The van der Waals surface area contributed by atoms with Gasteiger partial charge in [0.05, 0.1) is 11.9 Å². The third-order valence-corrected chi connectivity index (χ3v) is 4.83. The van der Waals surface area contributed by atoms with E-state index in [1.54, 1.807) is 24.5 Å². The zero-order valence-electron chi connectivity index (χ0n) is 16.3. The summed E-state index contributed by atoms with van der Waals surface area (Å²) in [7, 11) is 0. The molecular weight excluding hydrogens is 388 g/mol. The zero-order valence-corrected chi connectivity index (χ0v) is 16.3. The third-order valence-electron chi connectivity index (χ3n) is 4.83. The second kappa shape index (κ2) is 9.22. The Labute approximate surface area is 172 Å². The minimum absolute atomic E-state index is 0.0692. The van der Waals surface area contributed by atoms with Gasteiger partial charge in [0, 0.05) is 18.9 Å². The second-order valence-corrected chi connectivity index (χ2v) is 6.94. The lowest BCUT2D eigenvalue weighted by atomic mass is 10.2. The first kappa shape index (κ1) is 19.6. The van der Waals surface area contributed by atoms with E-state index < -0.39 is 5.91 Å². The van der Waals surface area contributed by atoms with Crippen molar-refractivity contribution in [1.29, 1.82) is 0 Å². The van der Waals surface area contributed by atoms with Crippen LogP contribution in [0.3, 0.4) is 0 Å². The molecule has 3 N–H and O–H groups in total. The van der Waals surface area contributed by atoms with Gasteiger partial charge in [-0.1, -0.05) is 18.1 Å². The molecule has 0 radical (unpaired) electrons. The van der Waals surface area contributed by atoms with E-state index in [0.717, 1.165) is 31.5 Å². The molecule has 1 aliphatic heterocycles. The molecule has 1 saturated heterocycles. The Kier molecular flexibility index (Phi) is 6.03. The first-order chi connectivity index (χ1) is 14.7. The second-order valence-electron chi connectivity index (χ2n) is 6.94. The maximum Gasteiger partial charge on any atom is 0.293 e. The minimum Gasteiger partial charge on any atom is -0.378 e. The van der Waals surface area contributed by atoms with Gasteiger partial charge in [0.1, 0.15) is 0 Å². The molecule has 3 aromatic heterocycles. The minimum atomic E-state index is -0.480. The highest BCUT2D eigenvalue weighted by Crippen LogP contribution is 2.19. The molecule has 1 aliphatic rings. The quantitative estimate of drug-likeness (QED) is 0.443. The van der Waals surface area contributed by atoms with Crippen LogP contribution >= 0.6 is 0 Å². The van der Waals surface area contributed by atoms with Crippen molar-refractivity contribution < 1.29 is 9.42 Å². The number of nitrogens with one attached hydrogen (secondary N) is 1. The number of aromatic nitrogens is 6. The lowest BCUT2D eigenvalue weighted by Crippen LogP contribution is -2.28. The highest BCUT2D eigenvalue weighted by molar-refractivity contribution is 5.94. The van der Waals surface area contributed by atoms with Crippen molar-refractivity contribution in [2.24, 2.45) is 5.10 Å². The molecule has 3 aromatic rings. The van der Waals surface area contributed by atoms with Gasteiger partial charge >= 0.3 is 0 Å². The number of rotatable bonds is 6. The average molecular weight is 410 g/mol. The number of likely N-dealkylation sites (tertiary alicyclic amines) is 1. The summed E-state index contributed by atoms with van der Waals surface area (Å²) >= 11 is 0. The van der Waals surface area contributed by atoms with Gasteiger partial charge in [-0.05, 0) is 53.9 Å². The molecule has 0 saturated carbocycles. The number of nitrogens with two attached hydrogens (primary N) is 1. The summed E-state index contributed by atoms with van der Waals surface area (Å²) in [5, 5.41) is 19.5. The fraction of sp³-hybridized carbons (Fsp3) is 0.389. The Morgan fingerprint density at radius 2 is 1.97 bits per heavy atom. The number of hydrogen-bond donors (Lipinski definition) is 2. The number of carbonyl (C=O) groups is 1. The number of nitrogen functional groups attached to an aromatic ring is 1. The Balaban J connectivity index is 1.58. The molecule has 12 nitrogen and oxygen atoms in total. The van der Waals surface area contributed by atoms with Crippen molar-refractivity contribution in [3.05, 3.63) is 41.5 Å². The van der Waals surface area contributed by atoms with Crippen LogP contribution in [0.4, 0.5) is 5.82 Å². The summed E-state index contributed by atoms with van der Waals surface area (Å²) in [6.07, 6.45) is 9.42. The van der Waals surface area contributed by atoms with Gasteiger partial charge in [0.25, 0.3) is 5.91 Å². The zero-order chi connectivity index (χ0) is 20.8. The first-order valence-corrected chi connectivity index (χ1v) is 9.71. The Morgan fingerprint density at radius 3 is 2.67 bits per heavy atom. The number of hydrazone groups is 1. The van der Waals surface area contributed by atoms with E-state index in [2.05, 4.69) is 41.0 Å². The summed E-state index contributed by atoms with van der Waals surface area (Å²) in [4.78, 5) is 19.0. The van der Waals surface area contributed by atoms with Crippen molar-refractivity contribution in [2.45, 2.75) is 32.2 Å². The molecule has 0 bridgehead atoms. The molecule has 0 aliphatic carbocycles. The number of anilines is 1. The van der Waals surface area contributed by atoms with Crippen molar-refractivity contribution in [3.63, 3.8) is 0 Å². The van der Waals surface area contributed by atoms with Crippen LogP contribution in [0.25, 0.3) is 5.82 Å². The van der Waals surface area contributed by atoms with Crippen molar-refractivity contribution in [2.75, 3.05) is 18.8 Å². The average Bonchev–Trinajstić information content (AvgIpc) is 3.26. The number of hydrogen-bond acceptors (Lipinski definition) is 10. The summed E-state index contributed by atoms with van der Waals surface area (Å²) < 4.78 is 6.09. The van der Waals surface area contributed by atoms with Crippen molar-refractivity contribution >= 4 is 17.9 Å². The predicted octanol–water partition coefficient (Wildman–Crippen LogP) is 0.767. The molecule has 12 heteroatoms. The summed E-state index contributed by atoms with van der Waals surface area (Å²) in [6, 6.07) is 3.55. The maximum atomic E-state index is 12.8. The monoisotopic (exact) mass is 410 g/mol. The van der Waals surface area contributed by atoms with Crippen LogP contribution in [0.1, 0.15) is 47.4 Å². The van der Waals surface area contributed by atoms with Crippen molar-refractivity contribution in [1.82, 2.24) is 40.6 Å². The molecule has 0 atom stereocenters. The van der Waals surface area contributed by atoms with Crippen LogP contribution in [0.15, 0.2) is 34.3 Å². The highest BCUT2D eigenvalue weighted by atomic mass is 16.6. The molecule has 4 rings (SSSR count). The number of carbonyl (C=O) groups excluding carboxylic acids is 1. The van der Waals surface area contributed by atoms with Crippen LogP contribution in [0.5, 0.6) is 0 Å². The SMILES string of the molecule is Nc1nonc1-n1nnc(C(=O)NN=Cc2ccncc2)c1CN1CCCCCC1. The molecule has 0 spiro atoms. The van der Waals surface area contributed by atoms with Crippen LogP contribution < -0.4 is 11.2 Å². The van der Waals surface area contributed by atoms with Gasteiger partial charge < -0.3 is 5.73 Å². The Morgan fingerprint density at radius 1 is 1.20 bits per heavy atom. The third kappa shape index (κ3) is 4.49. The fourth-order valence-corrected chi connectivity index (χ4v) is 3.30. The predicted molar refractivity (Wildman–Crippen MR) is 107 cm³/mol. The number of amides is 1. The summed E-state index contributed by atoms with van der Waals surface area (Å²) in [5.74, 6) is -0.210. The summed E-state index contributed by atoms with van der Waals surface area (Å²) in [6.45, 7) is 2.33. The van der Waals surface area contributed by atoms with E-state index in [4.69, 9.17) is 10.4 Å². The van der Waals surface area contributed by atoms with E-state index in [1.165, 1.54) is 23.7 Å². The van der Waals surface area contributed by atoms with Crippen LogP contribution in [-0.4, -0.2) is 60.4 Å². The molecule has 1 amide bonds. The van der Waals surface area contributed by atoms with Crippen LogP contribution in [0, 0.1) is 0 Å². The standard InChI is InChI=1S/C18H22N10O2/c19-16-17(25-30-24-16)28-14(12-27-9-3-1-2-4-10-27)15(22-26-28)18(29)23-21-11-13-5-7-20-8-6-13/h5-8,11H,1-4,9-10,12H2,(H2,19,24)(H,23,29). The normalized spacial score (nSPS) is 15.3. The van der Waals surface area contributed by atoms with Gasteiger partial charge in [-0.3, -0.25) is 14.7 Å². The van der Waals surface area contributed by atoms with Gasteiger partial charge in [-0.15, -0.1) is 5.10 Å². The molecular formula is C18H22N10O2. The number of nitrogens with zero attached hydrogens (tertiary/aromatic N) is 8. The first-order valence-electron chi connectivity index (χ1n) is 9.71. The van der Waals surface area contributed by atoms with Crippen molar-refractivity contribution in [3.8, 4) is 5.82 Å². The maximum absolute atomic E-state index is 12.8. The molecule has 4 heterocycles. The van der Waals surface area contributed by atoms with Gasteiger partial charge in [0.15, 0.2) is 5.69 Å². The van der Waals surface area contributed by atoms with Crippen LogP contribution in [0.2, 0.25) is 0 Å². The van der Waals surface area contributed by atoms with E-state index in [0.29, 0.717) is 12.2 Å². The van der Waals surface area contributed by atoms with E-state index >= 15 is 0 Å². The Bertz CT molecular complexity index is 1010. The molecule has 1 fully saturated rings. The molecule has 30 heavy (non-hydrogen) atoms. The van der Waals surface area contributed by atoms with E-state index in [1.807, 2.05) is 0 Å². The lowest BCUT2D eigenvalue weighted by molar-refractivity contribution is 0.0948. The van der Waals surface area contributed by atoms with Gasteiger partial charge in [0.2, 0.25) is 11.6 Å². The molecule has 0 aromatic carbocycles. The summed E-state index contributed by atoms with van der Waals surface area (Å²) in [5.41, 5.74) is 9.83. The lowest BCUT2D eigenvalue weighted by Gasteiger charge is -2.20. The van der Waals surface area contributed by atoms with Gasteiger partial charge in [-0.2, -0.15) is 9.78 Å². The van der Waals surface area contributed by atoms with Crippen LogP contribution in [-0.2, 0) is 6.54 Å². The smallest absolute Gasteiger partial charge is 0.293 e. The highest BCUT2D eigenvalue weighted by Gasteiger charge is 2.25. The number of pyridine rings is 1. The fourth-order valence-electron chi connectivity index (χ4n) is 3.30. The van der Waals surface area contributed by atoms with Gasteiger partial charge in [-0.25, -0.2) is 10.1 Å². The van der Waals surface area contributed by atoms with E-state index in [9.17, 15) is 4.79 Å². The Hall–Kier alpha value is -3.67.